The minimum Gasteiger partial charge on any atom is -0.445 e. The molecule has 4 nitrogen and oxygen atoms in total. The Kier molecular flexibility index (Phi) is 5.18. The quantitative estimate of drug-likeness (QED) is 0.337. The number of anilines is 2. The zero-order valence-electron chi connectivity index (χ0n) is 14.4. The van der Waals surface area contributed by atoms with Crippen LogP contribution < -0.4 is 10.5 Å². The average Bonchev–Trinajstić information content (AvgIpc) is 3.12. The molecule has 136 valence electrons. The van der Waals surface area contributed by atoms with Gasteiger partial charge in [0.25, 0.3) is 0 Å². The van der Waals surface area contributed by atoms with Crippen molar-refractivity contribution in [2.45, 2.75) is 15.7 Å². The molecule has 3 N–H and O–H groups in total. The Morgan fingerprint density at radius 2 is 1.78 bits per heavy atom. The first-order valence-corrected chi connectivity index (χ1v) is 10.6. The maximum Gasteiger partial charge on any atom is 0.212 e. The van der Waals surface area contributed by atoms with Crippen molar-refractivity contribution in [3.63, 3.8) is 0 Å². The van der Waals surface area contributed by atoms with Gasteiger partial charge in [-0.3, -0.25) is 4.72 Å². The summed E-state index contributed by atoms with van der Waals surface area (Å²) in [6.07, 6.45) is 0. The van der Waals surface area contributed by atoms with Gasteiger partial charge in [-0.15, -0.1) is 11.8 Å². The van der Waals surface area contributed by atoms with Gasteiger partial charge in [0.2, 0.25) is 5.09 Å². The fourth-order valence-electron chi connectivity index (χ4n) is 2.72. The molecule has 1 unspecified atom stereocenters. The third-order valence-corrected chi connectivity index (χ3v) is 6.14. The molecule has 1 heterocycles. The van der Waals surface area contributed by atoms with E-state index in [0.29, 0.717) is 5.09 Å². The summed E-state index contributed by atoms with van der Waals surface area (Å²) in [6, 6.07) is 25.1. The van der Waals surface area contributed by atoms with E-state index in [2.05, 4.69) is 4.72 Å². The lowest BCUT2D eigenvalue weighted by molar-refractivity contribution is 0.504. The third-order valence-electron chi connectivity index (χ3n) is 4.02. The van der Waals surface area contributed by atoms with Crippen LogP contribution in [0.1, 0.15) is 5.56 Å². The van der Waals surface area contributed by atoms with Gasteiger partial charge in [0.1, 0.15) is 5.58 Å². The number of thioether (sulfide) groups is 1. The summed E-state index contributed by atoms with van der Waals surface area (Å²) in [6.45, 7) is 0. The molecular formula is C21H18N2O2S2. The Hall–Kier alpha value is -2.70. The van der Waals surface area contributed by atoms with Gasteiger partial charge in [-0.25, -0.2) is 4.21 Å². The summed E-state index contributed by atoms with van der Waals surface area (Å²) in [5.41, 5.74) is 9.29. The minimum atomic E-state index is -1.48. The second kappa shape index (κ2) is 7.90. The number of nitrogens with two attached hydrogens (primary N) is 1. The summed E-state index contributed by atoms with van der Waals surface area (Å²) in [5, 5.41) is 1.35. The summed E-state index contributed by atoms with van der Waals surface area (Å²) >= 11 is 1.67. The summed E-state index contributed by atoms with van der Waals surface area (Å²) < 4.78 is 21.5. The average molecular weight is 395 g/mol. The van der Waals surface area contributed by atoms with E-state index in [4.69, 9.17) is 10.2 Å². The molecule has 1 aromatic heterocycles. The summed E-state index contributed by atoms with van der Waals surface area (Å²) in [7, 11) is -1.48. The number of nitrogens with one attached hydrogen (secondary N) is 1. The first-order valence-electron chi connectivity index (χ1n) is 8.42. The highest BCUT2D eigenvalue weighted by atomic mass is 32.2. The van der Waals surface area contributed by atoms with Crippen molar-refractivity contribution in [3.05, 3.63) is 84.4 Å². The van der Waals surface area contributed by atoms with Crippen molar-refractivity contribution < 1.29 is 8.63 Å². The number of benzene rings is 3. The van der Waals surface area contributed by atoms with Crippen LogP contribution in [-0.2, 0) is 16.7 Å². The van der Waals surface area contributed by atoms with Gasteiger partial charge >= 0.3 is 0 Å². The van der Waals surface area contributed by atoms with Crippen LogP contribution in [0.5, 0.6) is 0 Å². The Labute approximate surface area is 164 Å². The maximum atomic E-state index is 12.7. The van der Waals surface area contributed by atoms with Crippen LogP contribution in [0.15, 0.2) is 93.3 Å². The second-order valence-corrected chi connectivity index (χ2v) is 8.17. The highest BCUT2D eigenvalue weighted by molar-refractivity contribution is 7.98. The molecule has 0 amide bonds. The van der Waals surface area contributed by atoms with E-state index in [9.17, 15) is 4.21 Å². The van der Waals surface area contributed by atoms with Crippen molar-refractivity contribution in [3.8, 4) is 0 Å². The molecule has 1 atom stereocenters. The van der Waals surface area contributed by atoms with Gasteiger partial charge < -0.3 is 10.2 Å². The fraction of sp³-hybridized carbons (Fsp3) is 0.0476. The van der Waals surface area contributed by atoms with Crippen LogP contribution in [0, 0.1) is 0 Å². The van der Waals surface area contributed by atoms with E-state index in [1.54, 1.807) is 17.8 Å². The first-order chi connectivity index (χ1) is 13.2. The van der Waals surface area contributed by atoms with Crippen molar-refractivity contribution in [1.82, 2.24) is 0 Å². The van der Waals surface area contributed by atoms with Crippen LogP contribution in [0.25, 0.3) is 11.0 Å². The van der Waals surface area contributed by atoms with Gasteiger partial charge in [-0.05, 0) is 35.9 Å². The zero-order chi connectivity index (χ0) is 18.6. The predicted molar refractivity (Wildman–Crippen MR) is 113 cm³/mol. The summed E-state index contributed by atoms with van der Waals surface area (Å²) in [5.74, 6) is 0.779. The molecule has 27 heavy (non-hydrogen) atoms. The molecule has 0 aliphatic carbocycles. The number of hydrogen-bond acceptors (Lipinski definition) is 4. The minimum absolute atomic E-state index is 0.409. The molecule has 4 rings (SSSR count). The number of fused-ring (bicyclic) bond motifs is 1. The molecule has 0 aliphatic heterocycles. The number of hydrogen-bond donors (Lipinski definition) is 2. The number of para-hydroxylation sites is 2. The lowest BCUT2D eigenvalue weighted by Crippen LogP contribution is -2.04. The largest absolute Gasteiger partial charge is 0.445 e. The van der Waals surface area contributed by atoms with Crippen molar-refractivity contribution >= 4 is 45.1 Å². The fourth-order valence-corrected chi connectivity index (χ4v) is 4.61. The Morgan fingerprint density at radius 1 is 0.963 bits per heavy atom. The van der Waals surface area contributed by atoms with Crippen molar-refractivity contribution in [2.24, 2.45) is 0 Å². The highest BCUT2D eigenvalue weighted by Gasteiger charge is 2.13. The van der Waals surface area contributed by atoms with Gasteiger partial charge in [-0.2, -0.15) is 0 Å². The Balaban J connectivity index is 1.51. The van der Waals surface area contributed by atoms with E-state index in [0.717, 1.165) is 38.6 Å². The van der Waals surface area contributed by atoms with Crippen molar-refractivity contribution in [2.75, 3.05) is 10.5 Å². The summed E-state index contributed by atoms with van der Waals surface area (Å²) in [4.78, 5) is 1.02. The molecule has 0 saturated carbocycles. The molecule has 0 fully saturated rings. The van der Waals surface area contributed by atoms with Crippen LogP contribution in [0.2, 0.25) is 0 Å². The van der Waals surface area contributed by atoms with Crippen LogP contribution in [0.3, 0.4) is 0 Å². The molecule has 3 aromatic carbocycles. The number of rotatable bonds is 6. The molecule has 0 aliphatic rings. The Bertz CT molecular complexity index is 1080. The maximum absolute atomic E-state index is 12.7. The van der Waals surface area contributed by atoms with Crippen LogP contribution in [0.4, 0.5) is 11.4 Å². The molecule has 0 spiro atoms. The third kappa shape index (κ3) is 4.18. The van der Waals surface area contributed by atoms with Crippen LogP contribution in [-0.4, -0.2) is 4.21 Å². The molecule has 0 saturated heterocycles. The van der Waals surface area contributed by atoms with Gasteiger partial charge in [-0.1, -0.05) is 42.5 Å². The number of furan rings is 1. The lowest BCUT2D eigenvalue weighted by Gasteiger charge is -2.10. The Morgan fingerprint density at radius 3 is 2.63 bits per heavy atom. The van der Waals surface area contributed by atoms with Gasteiger partial charge in [0, 0.05) is 27.8 Å². The SMILES string of the molecule is Nc1cccc(CSc2ccccc2NS(=O)c2cc3ccccc3o2)c1. The molecular weight excluding hydrogens is 376 g/mol. The van der Waals surface area contributed by atoms with E-state index >= 15 is 0 Å². The van der Waals surface area contributed by atoms with E-state index in [1.807, 2.05) is 72.8 Å². The van der Waals surface area contributed by atoms with Crippen molar-refractivity contribution in [1.29, 1.82) is 0 Å². The second-order valence-electron chi connectivity index (χ2n) is 6.00. The predicted octanol–water partition coefficient (Wildman–Crippen LogP) is 5.44. The molecule has 6 heteroatoms. The zero-order valence-corrected chi connectivity index (χ0v) is 16.1. The molecule has 0 radical (unpaired) electrons. The van der Waals surface area contributed by atoms with E-state index < -0.39 is 11.0 Å². The van der Waals surface area contributed by atoms with Crippen LogP contribution >= 0.6 is 11.8 Å². The lowest BCUT2D eigenvalue weighted by atomic mass is 10.2. The normalized spacial score (nSPS) is 12.1. The first kappa shape index (κ1) is 17.7. The number of nitrogen functional groups attached to an aromatic ring is 1. The van der Waals surface area contributed by atoms with E-state index in [-0.39, 0.29) is 0 Å². The van der Waals surface area contributed by atoms with E-state index in [1.165, 1.54) is 0 Å². The van der Waals surface area contributed by atoms with Gasteiger partial charge in [0.15, 0.2) is 11.0 Å². The molecule has 0 bridgehead atoms. The highest BCUT2D eigenvalue weighted by Crippen LogP contribution is 2.31. The standard InChI is InChI=1S/C21H18N2O2S2/c22-17-8-5-6-15(12-17)14-26-20-11-4-2-9-18(20)23-27(24)21-13-16-7-1-3-10-19(16)25-21/h1-13,23H,14,22H2. The topological polar surface area (TPSA) is 68.3 Å². The molecule has 4 aromatic rings. The smallest absolute Gasteiger partial charge is 0.212 e. The van der Waals surface area contributed by atoms with Gasteiger partial charge in [0.05, 0.1) is 5.69 Å². The monoisotopic (exact) mass is 394 g/mol.